The zero-order chi connectivity index (χ0) is 15.5. The fraction of sp³-hybridized carbons (Fsp3) is 0.562. The van der Waals surface area contributed by atoms with Gasteiger partial charge >= 0.3 is 0 Å². The molecule has 116 valence electrons. The van der Waals surface area contributed by atoms with E-state index in [4.69, 9.17) is 0 Å². The molecule has 0 atom stereocenters. The molecule has 5 heteroatoms. The van der Waals surface area contributed by atoms with Gasteiger partial charge < -0.3 is 10.2 Å². The summed E-state index contributed by atoms with van der Waals surface area (Å²) in [6, 6.07) is 6.59. The largest absolute Gasteiger partial charge is 0.340 e. The summed E-state index contributed by atoms with van der Waals surface area (Å²) in [6.07, 6.45) is 0. The first-order chi connectivity index (χ1) is 9.93. The zero-order valence-corrected chi connectivity index (χ0v) is 13.0. The number of hydrogen-bond acceptors (Lipinski definition) is 3. The van der Waals surface area contributed by atoms with Gasteiger partial charge in [-0.1, -0.05) is 18.2 Å². The number of nitrogens with zero attached hydrogens (tertiary/aromatic N) is 2. The molecule has 1 saturated heterocycles. The third kappa shape index (κ3) is 3.60. The molecule has 1 aliphatic heterocycles. The van der Waals surface area contributed by atoms with Crippen LogP contribution in [-0.4, -0.2) is 54.5 Å². The van der Waals surface area contributed by atoms with Crippen molar-refractivity contribution in [1.82, 2.24) is 15.1 Å². The minimum absolute atomic E-state index is 0.0210. The average Bonchev–Trinajstić information content (AvgIpc) is 2.49. The van der Waals surface area contributed by atoms with E-state index >= 15 is 0 Å². The van der Waals surface area contributed by atoms with Crippen LogP contribution < -0.4 is 5.32 Å². The summed E-state index contributed by atoms with van der Waals surface area (Å²) in [5, 5.41) is 3.29. The van der Waals surface area contributed by atoms with Gasteiger partial charge in [0.05, 0.1) is 5.54 Å². The Morgan fingerprint density at radius 3 is 2.57 bits per heavy atom. The summed E-state index contributed by atoms with van der Waals surface area (Å²) in [4.78, 5) is 16.5. The second kappa shape index (κ2) is 6.54. The predicted octanol–water partition coefficient (Wildman–Crippen LogP) is 1.47. The Hall–Kier alpha value is -1.46. The smallest absolute Gasteiger partial charge is 0.242 e. The number of likely N-dealkylation sites (N-methyl/N-ethyl adjacent to an activating group) is 1. The first-order valence-electron chi connectivity index (χ1n) is 7.37. The average molecular weight is 293 g/mol. The maximum absolute atomic E-state index is 13.7. The Morgan fingerprint density at radius 1 is 1.33 bits per heavy atom. The highest BCUT2D eigenvalue weighted by molar-refractivity contribution is 5.85. The van der Waals surface area contributed by atoms with Gasteiger partial charge in [-0.05, 0) is 19.9 Å². The van der Waals surface area contributed by atoms with Gasteiger partial charge in [0.2, 0.25) is 5.91 Å². The Bertz CT molecular complexity index is 498. The molecule has 0 saturated carbocycles. The molecular formula is C16H24FN3O. The van der Waals surface area contributed by atoms with Crippen molar-refractivity contribution in [2.24, 2.45) is 0 Å². The van der Waals surface area contributed by atoms with Gasteiger partial charge in [-0.2, -0.15) is 0 Å². The van der Waals surface area contributed by atoms with Crippen molar-refractivity contribution in [3.63, 3.8) is 0 Å². The highest BCUT2D eigenvalue weighted by Crippen LogP contribution is 2.19. The van der Waals surface area contributed by atoms with Crippen LogP contribution in [0.2, 0.25) is 0 Å². The quantitative estimate of drug-likeness (QED) is 0.913. The number of halogens is 1. The molecule has 1 aliphatic rings. The maximum atomic E-state index is 13.7. The third-order valence-corrected chi connectivity index (χ3v) is 4.14. The van der Waals surface area contributed by atoms with E-state index in [9.17, 15) is 9.18 Å². The molecule has 0 bridgehead atoms. The summed E-state index contributed by atoms with van der Waals surface area (Å²) in [5.41, 5.74) is -0.0216. The molecule has 21 heavy (non-hydrogen) atoms. The van der Waals surface area contributed by atoms with Crippen LogP contribution in [0.25, 0.3) is 0 Å². The molecule has 1 aromatic carbocycles. The van der Waals surface area contributed by atoms with Crippen LogP contribution in [0.1, 0.15) is 19.4 Å². The molecule has 1 aromatic rings. The normalized spacial score (nSPS) is 16.8. The first-order valence-corrected chi connectivity index (χ1v) is 7.37. The number of benzene rings is 1. The van der Waals surface area contributed by atoms with Gasteiger partial charge in [0.15, 0.2) is 0 Å². The van der Waals surface area contributed by atoms with Crippen molar-refractivity contribution < 1.29 is 9.18 Å². The lowest BCUT2D eigenvalue weighted by Gasteiger charge is -2.41. The van der Waals surface area contributed by atoms with Crippen LogP contribution in [0.4, 0.5) is 4.39 Å². The minimum atomic E-state index is -0.567. The number of nitrogens with one attached hydrogen (secondary N) is 1. The fourth-order valence-electron chi connectivity index (χ4n) is 2.78. The van der Waals surface area contributed by atoms with Crippen LogP contribution in [0, 0.1) is 5.82 Å². The number of piperazine rings is 1. The molecule has 2 rings (SSSR count). The topological polar surface area (TPSA) is 35.6 Å². The Kier molecular flexibility index (Phi) is 4.96. The summed E-state index contributed by atoms with van der Waals surface area (Å²) in [6.45, 7) is 7.68. The van der Waals surface area contributed by atoms with Crippen LogP contribution >= 0.6 is 0 Å². The molecule has 1 heterocycles. The Morgan fingerprint density at radius 2 is 1.95 bits per heavy atom. The van der Waals surface area contributed by atoms with E-state index in [1.807, 2.05) is 13.8 Å². The molecule has 1 amide bonds. The number of carbonyl (C=O) groups is 1. The van der Waals surface area contributed by atoms with Gasteiger partial charge in [0.1, 0.15) is 5.82 Å². The standard InChI is InChI=1S/C16H24FN3O/c1-16(2,20-10-8-18-9-11-20)15(21)19(3)12-13-6-4-5-7-14(13)17/h4-7,18H,8-12H2,1-3H3. The van der Waals surface area contributed by atoms with Crippen molar-refractivity contribution in [2.45, 2.75) is 25.9 Å². The fourth-order valence-corrected chi connectivity index (χ4v) is 2.78. The van der Waals surface area contributed by atoms with Crippen molar-refractivity contribution in [3.05, 3.63) is 35.6 Å². The van der Waals surface area contributed by atoms with E-state index in [0.717, 1.165) is 26.2 Å². The van der Waals surface area contributed by atoms with E-state index in [1.54, 1.807) is 30.1 Å². The number of amides is 1. The van der Waals surface area contributed by atoms with E-state index in [2.05, 4.69) is 10.2 Å². The van der Waals surface area contributed by atoms with Crippen molar-refractivity contribution in [1.29, 1.82) is 0 Å². The first kappa shape index (κ1) is 15.9. The highest BCUT2D eigenvalue weighted by Gasteiger charge is 2.37. The lowest BCUT2D eigenvalue weighted by Crippen LogP contribution is -2.60. The van der Waals surface area contributed by atoms with E-state index in [0.29, 0.717) is 12.1 Å². The second-order valence-corrected chi connectivity index (χ2v) is 6.05. The summed E-state index contributed by atoms with van der Waals surface area (Å²) in [7, 11) is 1.73. The molecule has 0 unspecified atom stereocenters. The van der Waals surface area contributed by atoms with Crippen molar-refractivity contribution >= 4 is 5.91 Å². The summed E-state index contributed by atoms with van der Waals surface area (Å²) in [5.74, 6) is -0.246. The van der Waals surface area contributed by atoms with Gasteiger partial charge in [-0.3, -0.25) is 9.69 Å². The molecule has 1 fully saturated rings. The molecule has 0 aromatic heterocycles. The molecule has 4 nitrogen and oxygen atoms in total. The summed E-state index contributed by atoms with van der Waals surface area (Å²) < 4.78 is 13.7. The molecule has 0 radical (unpaired) electrons. The van der Waals surface area contributed by atoms with Gasteiger partial charge in [-0.15, -0.1) is 0 Å². The van der Waals surface area contributed by atoms with Gasteiger partial charge in [-0.25, -0.2) is 4.39 Å². The van der Waals surface area contributed by atoms with Gasteiger partial charge in [0, 0.05) is 45.3 Å². The summed E-state index contributed by atoms with van der Waals surface area (Å²) >= 11 is 0. The number of rotatable bonds is 4. The van der Waals surface area contributed by atoms with E-state index in [-0.39, 0.29) is 11.7 Å². The predicted molar refractivity (Wildman–Crippen MR) is 81.4 cm³/mol. The maximum Gasteiger partial charge on any atom is 0.242 e. The molecular weight excluding hydrogens is 269 g/mol. The Labute approximate surface area is 125 Å². The molecule has 0 spiro atoms. The SMILES string of the molecule is CN(Cc1ccccc1F)C(=O)C(C)(C)N1CCNCC1. The third-order valence-electron chi connectivity index (χ3n) is 4.14. The Balaban J connectivity index is 2.05. The number of hydrogen-bond donors (Lipinski definition) is 1. The van der Waals surface area contributed by atoms with E-state index < -0.39 is 5.54 Å². The van der Waals surface area contributed by atoms with Crippen LogP contribution in [0.5, 0.6) is 0 Å². The van der Waals surface area contributed by atoms with E-state index in [1.165, 1.54) is 6.07 Å². The lowest BCUT2D eigenvalue weighted by atomic mass is 9.99. The minimum Gasteiger partial charge on any atom is -0.340 e. The monoisotopic (exact) mass is 293 g/mol. The zero-order valence-electron chi connectivity index (χ0n) is 13.0. The van der Waals surface area contributed by atoms with Crippen molar-refractivity contribution in [3.8, 4) is 0 Å². The van der Waals surface area contributed by atoms with Crippen LogP contribution in [0.3, 0.4) is 0 Å². The lowest BCUT2D eigenvalue weighted by molar-refractivity contribution is -0.142. The van der Waals surface area contributed by atoms with Crippen LogP contribution in [0.15, 0.2) is 24.3 Å². The van der Waals surface area contributed by atoms with Crippen LogP contribution in [-0.2, 0) is 11.3 Å². The molecule has 0 aliphatic carbocycles. The van der Waals surface area contributed by atoms with Gasteiger partial charge in [0.25, 0.3) is 0 Å². The number of carbonyl (C=O) groups excluding carboxylic acids is 1. The molecule has 1 N–H and O–H groups in total. The second-order valence-electron chi connectivity index (χ2n) is 6.05. The van der Waals surface area contributed by atoms with Crippen molar-refractivity contribution in [2.75, 3.05) is 33.2 Å². The highest BCUT2D eigenvalue weighted by atomic mass is 19.1.